The second kappa shape index (κ2) is 15.2. The highest BCUT2D eigenvalue weighted by molar-refractivity contribution is 7.93. The predicted octanol–water partition coefficient (Wildman–Crippen LogP) is 2.26. The van der Waals surface area contributed by atoms with Crippen LogP contribution in [0.4, 0.5) is 23.0 Å². The average Bonchev–Trinajstić information content (AvgIpc) is 3.07. The number of benzene rings is 2. The Hall–Kier alpha value is -5.76. The summed E-state index contributed by atoms with van der Waals surface area (Å²) in [5.74, 6) is -0.963. The van der Waals surface area contributed by atoms with Crippen molar-refractivity contribution in [1.82, 2.24) is 19.9 Å². The van der Waals surface area contributed by atoms with Gasteiger partial charge in [0.25, 0.3) is 20.0 Å². The van der Waals surface area contributed by atoms with E-state index in [0.29, 0.717) is 11.4 Å². The van der Waals surface area contributed by atoms with E-state index in [0.717, 1.165) is 0 Å². The van der Waals surface area contributed by atoms with Gasteiger partial charge in [-0.2, -0.15) is 19.9 Å². The van der Waals surface area contributed by atoms with Crippen LogP contribution < -0.4 is 39.0 Å². The van der Waals surface area contributed by atoms with E-state index in [1.807, 2.05) is 0 Å². The van der Waals surface area contributed by atoms with E-state index < -0.39 is 31.9 Å². The summed E-state index contributed by atoms with van der Waals surface area (Å²) in [6.45, 7) is 0. The molecule has 0 radical (unpaired) electrons. The zero-order chi connectivity index (χ0) is 34.9. The van der Waals surface area contributed by atoms with Gasteiger partial charge < -0.3 is 29.6 Å². The molecule has 0 saturated heterocycles. The molecule has 2 heterocycles. The Kier molecular flexibility index (Phi) is 11.1. The van der Waals surface area contributed by atoms with Gasteiger partial charge in [0.2, 0.25) is 23.6 Å². The molecule has 254 valence electrons. The number of hydrogen-bond donors (Lipinski definition) is 4. The Morgan fingerprint density at radius 2 is 0.917 bits per heavy atom. The lowest BCUT2D eigenvalue weighted by Crippen LogP contribution is -2.18. The van der Waals surface area contributed by atoms with Crippen LogP contribution in [0.2, 0.25) is 0 Å². The summed E-state index contributed by atoms with van der Waals surface area (Å²) in [4.78, 5) is 40.3. The molecule has 20 heteroatoms. The molecule has 2 aromatic heterocycles. The first-order valence-corrected chi connectivity index (χ1v) is 16.6. The molecule has 4 N–H and O–H groups in total. The van der Waals surface area contributed by atoms with E-state index >= 15 is 0 Å². The molecular formula is C28H30N8O10S2. The topological polar surface area (TPSA) is 239 Å². The van der Waals surface area contributed by atoms with E-state index in [4.69, 9.17) is 18.9 Å². The van der Waals surface area contributed by atoms with E-state index in [-0.39, 0.29) is 58.0 Å². The van der Waals surface area contributed by atoms with Gasteiger partial charge in [-0.15, -0.1) is 0 Å². The largest absolute Gasteiger partial charge is 0.481 e. The van der Waals surface area contributed by atoms with Gasteiger partial charge in [-0.3, -0.25) is 19.0 Å². The summed E-state index contributed by atoms with van der Waals surface area (Å²) in [6, 6.07) is 13.0. The number of methoxy groups -OCH3 is 4. The van der Waals surface area contributed by atoms with E-state index in [2.05, 4.69) is 40.0 Å². The van der Waals surface area contributed by atoms with Gasteiger partial charge in [0.15, 0.2) is 11.6 Å². The summed E-state index contributed by atoms with van der Waals surface area (Å²) >= 11 is 0. The van der Waals surface area contributed by atoms with Crippen molar-refractivity contribution in [1.29, 1.82) is 0 Å². The molecule has 4 aromatic rings. The van der Waals surface area contributed by atoms with Gasteiger partial charge in [0, 0.05) is 36.3 Å². The normalized spacial score (nSPS) is 11.2. The first-order chi connectivity index (χ1) is 22.8. The van der Waals surface area contributed by atoms with Gasteiger partial charge in [-0.25, -0.2) is 16.8 Å². The van der Waals surface area contributed by atoms with Crippen molar-refractivity contribution in [2.45, 2.75) is 22.6 Å². The van der Waals surface area contributed by atoms with Crippen molar-refractivity contribution >= 4 is 54.9 Å². The first-order valence-electron chi connectivity index (χ1n) is 13.6. The molecule has 0 aliphatic carbocycles. The molecule has 0 saturated carbocycles. The number of nitrogens with one attached hydrogen (secondary N) is 4. The van der Waals surface area contributed by atoms with Crippen LogP contribution in [0.5, 0.6) is 23.8 Å². The smallest absolute Gasteiger partial charge is 0.321 e. The Labute approximate surface area is 275 Å². The number of carbonyl (C=O) groups excluding carboxylic acids is 2. The summed E-state index contributed by atoms with van der Waals surface area (Å²) < 4.78 is 75.8. The Bertz CT molecular complexity index is 1800. The minimum Gasteiger partial charge on any atom is -0.481 e. The lowest BCUT2D eigenvalue weighted by molar-refractivity contribution is -0.121. The van der Waals surface area contributed by atoms with Crippen molar-refractivity contribution in [3.63, 3.8) is 0 Å². The number of carbonyl (C=O) groups is 2. The van der Waals surface area contributed by atoms with Gasteiger partial charge in [-0.05, 0) is 48.5 Å². The van der Waals surface area contributed by atoms with Gasteiger partial charge in [-0.1, -0.05) is 0 Å². The second-order valence-corrected chi connectivity index (χ2v) is 12.8. The first kappa shape index (κ1) is 35.1. The molecule has 0 aliphatic rings. The maximum absolute atomic E-state index is 12.8. The molecule has 0 spiro atoms. The Morgan fingerprint density at radius 3 is 1.23 bits per heavy atom. The number of rotatable bonds is 15. The van der Waals surface area contributed by atoms with Crippen LogP contribution in [0.25, 0.3) is 0 Å². The molecule has 0 fully saturated rings. The second-order valence-electron chi connectivity index (χ2n) is 9.42. The van der Waals surface area contributed by atoms with Crippen LogP contribution in [-0.2, 0) is 29.6 Å². The lowest BCUT2D eigenvalue weighted by atomic mass is 10.2. The number of nitrogens with zero attached hydrogens (tertiary/aromatic N) is 4. The fourth-order valence-electron chi connectivity index (χ4n) is 3.81. The third kappa shape index (κ3) is 9.39. The Balaban J connectivity index is 1.28. The third-order valence-electron chi connectivity index (χ3n) is 6.10. The zero-order valence-corrected chi connectivity index (χ0v) is 27.5. The molecule has 2 amide bonds. The van der Waals surface area contributed by atoms with E-state index in [1.165, 1.54) is 89.1 Å². The summed E-state index contributed by atoms with van der Waals surface area (Å²) in [5, 5.41) is 5.18. The molecule has 2 aromatic carbocycles. The van der Waals surface area contributed by atoms with Crippen LogP contribution in [0.15, 0.2) is 70.5 Å². The highest BCUT2D eigenvalue weighted by Gasteiger charge is 2.19. The van der Waals surface area contributed by atoms with Crippen molar-refractivity contribution in [2.75, 3.05) is 48.5 Å². The van der Waals surface area contributed by atoms with Gasteiger partial charge in [0.1, 0.15) is 0 Å². The van der Waals surface area contributed by atoms with Crippen molar-refractivity contribution in [3.05, 3.63) is 60.7 Å². The number of amides is 2. The summed E-state index contributed by atoms with van der Waals surface area (Å²) in [6.07, 6.45) is -0.375. The fourth-order valence-corrected chi connectivity index (χ4v) is 5.79. The van der Waals surface area contributed by atoms with Crippen LogP contribution >= 0.6 is 0 Å². The van der Waals surface area contributed by atoms with Crippen molar-refractivity contribution in [3.8, 4) is 23.8 Å². The number of aromatic nitrogens is 4. The maximum atomic E-state index is 12.8. The predicted molar refractivity (Wildman–Crippen MR) is 171 cm³/mol. The molecule has 48 heavy (non-hydrogen) atoms. The highest BCUT2D eigenvalue weighted by atomic mass is 32.2. The number of ether oxygens (including phenoxy) is 4. The van der Waals surface area contributed by atoms with Crippen molar-refractivity contribution in [2.24, 2.45) is 0 Å². The zero-order valence-electron chi connectivity index (χ0n) is 25.9. The SMILES string of the molecule is COc1cc(NS(=O)(=O)c2ccc(NC(=O)CCC(=O)Nc3ccc(S(=O)(=O)Nc4cc(OC)nc(OC)n4)cc3)cc2)nc(OC)n1. The molecule has 0 atom stereocenters. The monoisotopic (exact) mass is 702 g/mol. The minimum atomic E-state index is -4.06. The minimum absolute atomic E-state index is 0.0753. The van der Waals surface area contributed by atoms with Crippen LogP contribution in [-0.4, -0.2) is 77.0 Å². The highest BCUT2D eigenvalue weighted by Crippen LogP contribution is 2.23. The van der Waals surface area contributed by atoms with Crippen molar-refractivity contribution < 1.29 is 45.4 Å². The van der Waals surface area contributed by atoms with Crippen LogP contribution in [0.3, 0.4) is 0 Å². The molecule has 0 aliphatic heterocycles. The van der Waals surface area contributed by atoms with E-state index in [9.17, 15) is 26.4 Å². The van der Waals surface area contributed by atoms with Gasteiger partial charge >= 0.3 is 12.0 Å². The molecular weight excluding hydrogens is 672 g/mol. The maximum Gasteiger partial charge on any atom is 0.321 e. The summed E-state index contributed by atoms with van der Waals surface area (Å²) in [5.41, 5.74) is 0.600. The standard InChI is InChI=1S/C28H30N8O10S2/c1-43-25-15-21(31-27(33-25)45-3)35-47(39,40)19-9-5-17(6-10-19)29-23(37)13-14-24(38)30-18-7-11-20(12-8-18)48(41,42)36-22-16-26(44-2)34-28(32-22)46-4/h5-12,15-16H,13-14H2,1-4H3,(H,29,37)(H,30,38)(H,31,33,35)(H,32,34,36). The lowest BCUT2D eigenvalue weighted by Gasteiger charge is -2.11. The molecule has 0 unspecified atom stereocenters. The Morgan fingerprint density at radius 1 is 0.562 bits per heavy atom. The summed E-state index contributed by atoms with van der Waals surface area (Å²) in [7, 11) is -2.77. The number of hydrogen-bond acceptors (Lipinski definition) is 14. The quantitative estimate of drug-likeness (QED) is 0.139. The van der Waals surface area contributed by atoms with Gasteiger partial charge in [0.05, 0.1) is 38.2 Å². The fraction of sp³-hybridized carbons (Fsp3) is 0.214. The van der Waals surface area contributed by atoms with Crippen LogP contribution in [0.1, 0.15) is 12.8 Å². The van der Waals surface area contributed by atoms with E-state index in [1.54, 1.807) is 0 Å². The third-order valence-corrected chi connectivity index (χ3v) is 8.84. The molecule has 4 rings (SSSR count). The molecule has 18 nitrogen and oxygen atoms in total. The number of sulfonamides is 2. The van der Waals surface area contributed by atoms with Crippen LogP contribution in [0, 0.1) is 0 Å². The molecule has 0 bridgehead atoms. The average molecular weight is 703 g/mol. The number of anilines is 4.